The van der Waals surface area contributed by atoms with Crippen molar-refractivity contribution < 1.29 is 4.39 Å². The highest BCUT2D eigenvalue weighted by Gasteiger charge is 2.24. The van der Waals surface area contributed by atoms with Gasteiger partial charge in [-0.3, -0.25) is 4.90 Å². The molecule has 2 aliphatic rings. The van der Waals surface area contributed by atoms with Crippen molar-refractivity contribution in [1.29, 1.82) is 0 Å². The maximum Gasteiger partial charge on any atom is 0.137 e. The van der Waals surface area contributed by atoms with Gasteiger partial charge in [0.2, 0.25) is 0 Å². The lowest BCUT2D eigenvalue weighted by Gasteiger charge is -2.32. The summed E-state index contributed by atoms with van der Waals surface area (Å²) >= 11 is 3.20. The molecule has 1 aliphatic carbocycles. The van der Waals surface area contributed by atoms with Crippen LogP contribution in [0.4, 0.5) is 4.39 Å². The van der Waals surface area contributed by atoms with Crippen LogP contribution in [0.2, 0.25) is 0 Å². The normalized spacial score (nSPS) is 21.3. The van der Waals surface area contributed by atoms with Gasteiger partial charge < -0.3 is 5.32 Å². The molecule has 0 aromatic heterocycles. The van der Waals surface area contributed by atoms with Crippen LogP contribution in [0, 0.1) is 11.7 Å². The van der Waals surface area contributed by atoms with Crippen LogP contribution in [0.15, 0.2) is 22.7 Å². The summed E-state index contributed by atoms with van der Waals surface area (Å²) in [5.74, 6) is 0.794. The number of halogens is 2. The molecule has 0 radical (unpaired) electrons. The summed E-state index contributed by atoms with van der Waals surface area (Å²) in [5, 5.41) is 3.69. The third-order valence-electron chi connectivity index (χ3n) is 4.37. The molecule has 0 atom stereocenters. The van der Waals surface area contributed by atoms with E-state index in [0.717, 1.165) is 31.1 Å². The van der Waals surface area contributed by atoms with Crippen LogP contribution in [0.1, 0.15) is 31.2 Å². The molecule has 1 aromatic carbocycles. The molecule has 0 unspecified atom stereocenters. The van der Waals surface area contributed by atoms with Crippen molar-refractivity contribution >= 4 is 15.9 Å². The molecule has 4 heteroatoms. The molecular formula is C16H22BrFN2. The topological polar surface area (TPSA) is 15.3 Å². The highest BCUT2D eigenvalue weighted by atomic mass is 79.9. The monoisotopic (exact) mass is 340 g/mol. The zero-order valence-corrected chi connectivity index (χ0v) is 13.3. The molecule has 0 amide bonds. The lowest BCUT2D eigenvalue weighted by Crippen LogP contribution is -2.42. The van der Waals surface area contributed by atoms with E-state index in [9.17, 15) is 4.39 Å². The second-order valence-corrected chi connectivity index (χ2v) is 7.00. The summed E-state index contributed by atoms with van der Waals surface area (Å²) < 4.78 is 14.0. The van der Waals surface area contributed by atoms with Gasteiger partial charge >= 0.3 is 0 Å². The van der Waals surface area contributed by atoms with Gasteiger partial charge in [0.05, 0.1) is 4.47 Å². The molecule has 1 heterocycles. The van der Waals surface area contributed by atoms with Crippen molar-refractivity contribution in [3.8, 4) is 0 Å². The van der Waals surface area contributed by atoms with E-state index in [1.54, 1.807) is 12.1 Å². The van der Waals surface area contributed by atoms with Crippen molar-refractivity contribution in [3.63, 3.8) is 0 Å². The Balaban J connectivity index is 1.44. The smallest absolute Gasteiger partial charge is 0.137 e. The largest absolute Gasteiger partial charge is 0.314 e. The van der Waals surface area contributed by atoms with Gasteiger partial charge in [0, 0.05) is 12.6 Å². The van der Waals surface area contributed by atoms with Gasteiger partial charge in [-0.25, -0.2) is 4.39 Å². The summed E-state index contributed by atoms with van der Waals surface area (Å²) in [6.45, 7) is 4.29. The Labute approximate surface area is 128 Å². The molecule has 0 bridgehead atoms. The molecule has 1 saturated carbocycles. The summed E-state index contributed by atoms with van der Waals surface area (Å²) in [6, 6.07) is 6.13. The first-order chi connectivity index (χ1) is 9.70. The van der Waals surface area contributed by atoms with Crippen molar-refractivity contribution in [2.45, 2.75) is 38.3 Å². The van der Waals surface area contributed by atoms with Gasteiger partial charge in [0.25, 0.3) is 0 Å². The first-order valence-electron chi connectivity index (χ1n) is 7.60. The SMILES string of the molecule is Fc1cc(CN2CCC(NCC3CC3)CC2)ccc1Br. The van der Waals surface area contributed by atoms with Crippen LogP contribution >= 0.6 is 15.9 Å². The van der Waals surface area contributed by atoms with E-state index in [-0.39, 0.29) is 5.82 Å². The molecule has 0 spiro atoms. The first kappa shape index (κ1) is 14.5. The maximum atomic E-state index is 13.5. The van der Waals surface area contributed by atoms with Gasteiger partial charge in [0.1, 0.15) is 5.82 Å². The first-order valence-corrected chi connectivity index (χ1v) is 8.39. The fourth-order valence-corrected chi connectivity index (χ4v) is 3.09. The molecule has 1 N–H and O–H groups in total. The highest BCUT2D eigenvalue weighted by Crippen LogP contribution is 2.28. The molecule has 3 rings (SSSR count). The second-order valence-electron chi connectivity index (χ2n) is 6.15. The average Bonchev–Trinajstić information content (AvgIpc) is 3.26. The number of piperidine rings is 1. The van der Waals surface area contributed by atoms with Crippen LogP contribution < -0.4 is 5.32 Å². The minimum absolute atomic E-state index is 0.163. The molecule has 2 fully saturated rings. The Morgan fingerprint density at radius 2 is 1.95 bits per heavy atom. The van der Waals surface area contributed by atoms with Crippen molar-refractivity contribution in [2.75, 3.05) is 19.6 Å². The molecule has 110 valence electrons. The van der Waals surface area contributed by atoms with E-state index in [1.165, 1.54) is 32.2 Å². The van der Waals surface area contributed by atoms with Crippen molar-refractivity contribution in [3.05, 3.63) is 34.1 Å². The minimum Gasteiger partial charge on any atom is -0.314 e. The Morgan fingerprint density at radius 1 is 1.20 bits per heavy atom. The van der Waals surface area contributed by atoms with Gasteiger partial charge in [-0.05, 0) is 84.9 Å². The van der Waals surface area contributed by atoms with E-state index in [2.05, 4.69) is 26.1 Å². The lowest BCUT2D eigenvalue weighted by atomic mass is 10.0. The van der Waals surface area contributed by atoms with Gasteiger partial charge in [-0.2, -0.15) is 0 Å². The van der Waals surface area contributed by atoms with E-state index in [0.29, 0.717) is 10.5 Å². The Bertz CT molecular complexity index is 454. The van der Waals surface area contributed by atoms with Crippen LogP contribution in [0.5, 0.6) is 0 Å². The zero-order valence-electron chi connectivity index (χ0n) is 11.7. The Hall–Kier alpha value is -0.450. The van der Waals surface area contributed by atoms with Gasteiger partial charge in [-0.1, -0.05) is 6.07 Å². The number of likely N-dealkylation sites (tertiary alicyclic amines) is 1. The van der Waals surface area contributed by atoms with Crippen LogP contribution in [0.25, 0.3) is 0 Å². The third-order valence-corrected chi connectivity index (χ3v) is 5.01. The Morgan fingerprint density at radius 3 is 2.60 bits per heavy atom. The number of rotatable bonds is 5. The molecule has 1 saturated heterocycles. The maximum absolute atomic E-state index is 13.5. The zero-order chi connectivity index (χ0) is 13.9. The predicted molar refractivity (Wildman–Crippen MR) is 83.1 cm³/mol. The van der Waals surface area contributed by atoms with Gasteiger partial charge in [0.15, 0.2) is 0 Å². The average molecular weight is 341 g/mol. The number of hydrogen-bond donors (Lipinski definition) is 1. The summed E-state index contributed by atoms with van der Waals surface area (Å²) in [6.07, 6.45) is 5.26. The minimum atomic E-state index is -0.163. The highest BCUT2D eigenvalue weighted by molar-refractivity contribution is 9.10. The van der Waals surface area contributed by atoms with E-state index in [1.807, 2.05) is 6.07 Å². The second kappa shape index (κ2) is 6.54. The molecule has 1 aromatic rings. The molecule has 1 aliphatic heterocycles. The van der Waals surface area contributed by atoms with Crippen LogP contribution in [-0.4, -0.2) is 30.6 Å². The quantitative estimate of drug-likeness (QED) is 0.881. The molecular weight excluding hydrogens is 319 g/mol. The van der Waals surface area contributed by atoms with E-state index in [4.69, 9.17) is 0 Å². The van der Waals surface area contributed by atoms with Crippen molar-refractivity contribution in [2.24, 2.45) is 5.92 Å². The number of nitrogens with zero attached hydrogens (tertiary/aromatic N) is 1. The summed E-state index contributed by atoms with van der Waals surface area (Å²) in [5.41, 5.74) is 1.06. The van der Waals surface area contributed by atoms with Crippen molar-refractivity contribution in [1.82, 2.24) is 10.2 Å². The third kappa shape index (κ3) is 4.03. The van der Waals surface area contributed by atoms with Crippen LogP contribution in [-0.2, 0) is 6.54 Å². The number of nitrogens with one attached hydrogen (secondary N) is 1. The standard InChI is InChI=1S/C16H22BrFN2/c17-15-4-3-13(9-16(15)18)11-20-7-5-14(6-8-20)19-10-12-1-2-12/h3-4,9,12,14,19H,1-2,5-8,10-11H2. The number of benzene rings is 1. The summed E-state index contributed by atoms with van der Waals surface area (Å²) in [7, 11) is 0. The fraction of sp³-hybridized carbons (Fsp3) is 0.625. The molecule has 20 heavy (non-hydrogen) atoms. The fourth-order valence-electron chi connectivity index (χ4n) is 2.85. The van der Waals surface area contributed by atoms with E-state index < -0.39 is 0 Å². The van der Waals surface area contributed by atoms with Gasteiger partial charge in [-0.15, -0.1) is 0 Å². The van der Waals surface area contributed by atoms with E-state index >= 15 is 0 Å². The van der Waals surface area contributed by atoms with Crippen LogP contribution in [0.3, 0.4) is 0 Å². The molecule has 2 nitrogen and oxygen atoms in total. The Kier molecular flexibility index (Phi) is 4.74. The summed E-state index contributed by atoms with van der Waals surface area (Å²) in [4.78, 5) is 2.43. The predicted octanol–water partition coefficient (Wildman–Crippen LogP) is 3.55. The number of hydrogen-bond acceptors (Lipinski definition) is 2. The lowest BCUT2D eigenvalue weighted by molar-refractivity contribution is 0.190.